The van der Waals surface area contributed by atoms with Gasteiger partial charge in [-0.3, -0.25) is 9.59 Å². The number of piperidine rings is 1. The lowest BCUT2D eigenvalue weighted by atomic mass is 9.97. The third kappa shape index (κ3) is 3.70. The van der Waals surface area contributed by atoms with Crippen LogP contribution in [0.2, 0.25) is 0 Å². The highest BCUT2D eigenvalue weighted by Gasteiger charge is 2.24. The van der Waals surface area contributed by atoms with Gasteiger partial charge in [0.2, 0.25) is 5.91 Å². The first kappa shape index (κ1) is 16.8. The number of hydrogen-bond acceptors (Lipinski definition) is 4. The van der Waals surface area contributed by atoms with Gasteiger partial charge in [0.05, 0.1) is 12.8 Å². The Morgan fingerprint density at radius 3 is 2.58 bits per heavy atom. The molecule has 0 saturated carbocycles. The van der Waals surface area contributed by atoms with Crippen molar-refractivity contribution in [3.05, 3.63) is 23.8 Å². The van der Waals surface area contributed by atoms with Crippen molar-refractivity contribution in [1.29, 1.82) is 0 Å². The summed E-state index contributed by atoms with van der Waals surface area (Å²) in [5, 5.41) is 6.21. The van der Waals surface area contributed by atoms with Crippen LogP contribution in [0.15, 0.2) is 18.2 Å². The summed E-state index contributed by atoms with van der Waals surface area (Å²) in [5.74, 6) is 0.609. The fourth-order valence-electron chi connectivity index (χ4n) is 3.36. The topological polar surface area (TPSA) is 70.7 Å². The summed E-state index contributed by atoms with van der Waals surface area (Å²) in [7, 11) is 1.57. The minimum atomic E-state index is 0.000529. The molecule has 2 aliphatic rings. The number of rotatable bonds is 4. The van der Waals surface area contributed by atoms with Crippen LogP contribution in [0.4, 0.5) is 5.69 Å². The maximum Gasteiger partial charge on any atom is 0.253 e. The van der Waals surface area contributed by atoms with Gasteiger partial charge in [-0.1, -0.05) is 0 Å². The molecule has 2 N–H and O–H groups in total. The fourth-order valence-corrected chi connectivity index (χ4v) is 3.36. The second-order valence-corrected chi connectivity index (χ2v) is 6.43. The Balaban J connectivity index is 1.76. The van der Waals surface area contributed by atoms with Crippen LogP contribution < -0.4 is 15.4 Å². The van der Waals surface area contributed by atoms with E-state index in [4.69, 9.17) is 4.74 Å². The quantitative estimate of drug-likeness (QED) is 0.884. The van der Waals surface area contributed by atoms with Crippen LogP contribution in [-0.4, -0.2) is 50.0 Å². The number of nitrogens with one attached hydrogen (secondary N) is 2. The number of methoxy groups -OCH3 is 1. The Kier molecular flexibility index (Phi) is 5.35. The van der Waals surface area contributed by atoms with Crippen molar-refractivity contribution >= 4 is 17.5 Å². The molecular formula is C18H25N3O3. The molecule has 2 saturated heterocycles. The Hall–Kier alpha value is -2.08. The third-order valence-electron chi connectivity index (χ3n) is 4.81. The van der Waals surface area contributed by atoms with Crippen molar-refractivity contribution in [2.75, 3.05) is 38.6 Å². The Bertz CT molecular complexity index is 606. The van der Waals surface area contributed by atoms with Crippen molar-refractivity contribution in [1.82, 2.24) is 10.2 Å². The van der Waals surface area contributed by atoms with Crippen LogP contribution in [-0.2, 0) is 4.79 Å². The number of anilines is 1. The van der Waals surface area contributed by atoms with Gasteiger partial charge in [0.1, 0.15) is 5.75 Å². The summed E-state index contributed by atoms with van der Waals surface area (Å²) in [4.78, 5) is 26.9. The average Bonchev–Trinajstić information content (AvgIpc) is 3.16. The minimum absolute atomic E-state index is 0.000529. The highest BCUT2D eigenvalue weighted by Crippen LogP contribution is 2.28. The number of ether oxygens (including phenoxy) is 1. The molecule has 6 nitrogen and oxygen atoms in total. The Labute approximate surface area is 142 Å². The van der Waals surface area contributed by atoms with E-state index in [2.05, 4.69) is 10.6 Å². The standard InChI is InChI=1S/C18H25N3O3/c1-24-16-5-4-14(18(23)21-10-2-3-11-21)12-15(16)20-17(22)13-6-8-19-9-7-13/h4-5,12-13,19H,2-3,6-11H2,1H3,(H,20,22). The zero-order valence-electron chi connectivity index (χ0n) is 14.1. The van der Waals surface area contributed by atoms with Crippen LogP contribution in [0.3, 0.4) is 0 Å². The van der Waals surface area contributed by atoms with Gasteiger partial charge in [-0.25, -0.2) is 0 Å². The lowest BCUT2D eigenvalue weighted by molar-refractivity contribution is -0.120. The fraction of sp³-hybridized carbons (Fsp3) is 0.556. The summed E-state index contributed by atoms with van der Waals surface area (Å²) < 4.78 is 5.34. The van der Waals surface area contributed by atoms with Gasteiger partial charge < -0.3 is 20.3 Å². The van der Waals surface area contributed by atoms with E-state index in [1.807, 2.05) is 4.90 Å². The van der Waals surface area contributed by atoms with Crippen molar-refractivity contribution in [3.63, 3.8) is 0 Å². The van der Waals surface area contributed by atoms with Crippen LogP contribution in [0.25, 0.3) is 0 Å². The monoisotopic (exact) mass is 331 g/mol. The van der Waals surface area contributed by atoms with Crippen molar-refractivity contribution in [2.24, 2.45) is 5.92 Å². The van der Waals surface area contributed by atoms with Gasteiger partial charge in [-0.2, -0.15) is 0 Å². The molecule has 1 aromatic rings. The minimum Gasteiger partial charge on any atom is -0.495 e. The summed E-state index contributed by atoms with van der Waals surface area (Å²) in [6.07, 6.45) is 3.78. The molecule has 130 valence electrons. The predicted molar refractivity (Wildman–Crippen MR) is 92.4 cm³/mol. The zero-order valence-corrected chi connectivity index (χ0v) is 14.1. The average molecular weight is 331 g/mol. The van der Waals surface area contributed by atoms with Gasteiger partial charge in [0, 0.05) is 24.6 Å². The Morgan fingerprint density at radius 1 is 1.21 bits per heavy atom. The van der Waals surface area contributed by atoms with Crippen molar-refractivity contribution in [2.45, 2.75) is 25.7 Å². The van der Waals surface area contributed by atoms with E-state index in [0.29, 0.717) is 17.0 Å². The highest BCUT2D eigenvalue weighted by molar-refractivity contribution is 5.99. The number of likely N-dealkylation sites (tertiary alicyclic amines) is 1. The smallest absolute Gasteiger partial charge is 0.253 e. The summed E-state index contributed by atoms with van der Waals surface area (Å²) in [5.41, 5.74) is 1.17. The molecule has 0 aromatic heterocycles. The third-order valence-corrected chi connectivity index (χ3v) is 4.81. The van der Waals surface area contributed by atoms with Crippen LogP contribution in [0.1, 0.15) is 36.0 Å². The van der Waals surface area contributed by atoms with Gasteiger partial charge in [0.15, 0.2) is 0 Å². The molecule has 6 heteroatoms. The number of hydrogen-bond donors (Lipinski definition) is 2. The highest BCUT2D eigenvalue weighted by atomic mass is 16.5. The lowest BCUT2D eigenvalue weighted by Gasteiger charge is -2.22. The molecule has 1 aromatic carbocycles. The number of carbonyl (C=O) groups is 2. The first-order valence-electron chi connectivity index (χ1n) is 8.68. The number of nitrogens with zero attached hydrogens (tertiary/aromatic N) is 1. The molecule has 0 aliphatic carbocycles. The number of carbonyl (C=O) groups excluding carboxylic acids is 2. The first-order valence-corrected chi connectivity index (χ1v) is 8.68. The molecule has 2 amide bonds. The van der Waals surface area contributed by atoms with E-state index >= 15 is 0 Å². The van der Waals surface area contributed by atoms with Crippen molar-refractivity contribution < 1.29 is 14.3 Å². The molecule has 0 spiro atoms. The van der Waals surface area contributed by atoms with E-state index in [-0.39, 0.29) is 17.7 Å². The van der Waals surface area contributed by atoms with E-state index < -0.39 is 0 Å². The summed E-state index contributed by atoms with van der Waals surface area (Å²) in [6.45, 7) is 3.34. The van der Waals surface area contributed by atoms with E-state index in [9.17, 15) is 9.59 Å². The predicted octanol–water partition coefficient (Wildman–Crippen LogP) is 1.87. The lowest BCUT2D eigenvalue weighted by Crippen LogP contribution is -2.34. The summed E-state index contributed by atoms with van der Waals surface area (Å²) >= 11 is 0. The zero-order chi connectivity index (χ0) is 16.9. The molecule has 0 bridgehead atoms. The SMILES string of the molecule is COc1ccc(C(=O)N2CCCC2)cc1NC(=O)C1CCNCC1. The van der Waals surface area contributed by atoms with Crippen LogP contribution in [0, 0.1) is 5.92 Å². The molecule has 0 radical (unpaired) electrons. The molecule has 24 heavy (non-hydrogen) atoms. The molecule has 2 fully saturated rings. The molecule has 0 unspecified atom stereocenters. The maximum atomic E-state index is 12.6. The number of amides is 2. The number of benzene rings is 1. The van der Waals surface area contributed by atoms with E-state index in [1.165, 1.54) is 0 Å². The second kappa shape index (κ2) is 7.66. The van der Waals surface area contributed by atoms with Crippen molar-refractivity contribution in [3.8, 4) is 5.75 Å². The molecule has 3 rings (SSSR count). The van der Waals surface area contributed by atoms with E-state index in [1.54, 1.807) is 25.3 Å². The molecular weight excluding hydrogens is 306 g/mol. The molecule has 0 atom stereocenters. The summed E-state index contributed by atoms with van der Waals surface area (Å²) in [6, 6.07) is 5.25. The van der Waals surface area contributed by atoms with E-state index in [0.717, 1.165) is 51.9 Å². The van der Waals surface area contributed by atoms with Gasteiger partial charge in [-0.05, 0) is 57.0 Å². The van der Waals surface area contributed by atoms with Crippen LogP contribution >= 0.6 is 0 Å². The Morgan fingerprint density at radius 2 is 1.92 bits per heavy atom. The largest absolute Gasteiger partial charge is 0.495 e. The van der Waals surface area contributed by atoms with Gasteiger partial charge in [-0.15, -0.1) is 0 Å². The maximum absolute atomic E-state index is 12.6. The molecule has 2 aliphatic heterocycles. The normalized spacial score (nSPS) is 18.5. The second-order valence-electron chi connectivity index (χ2n) is 6.43. The van der Waals surface area contributed by atoms with Gasteiger partial charge >= 0.3 is 0 Å². The van der Waals surface area contributed by atoms with Gasteiger partial charge in [0.25, 0.3) is 5.91 Å². The van der Waals surface area contributed by atoms with Crippen LogP contribution in [0.5, 0.6) is 5.75 Å². The molecule has 2 heterocycles. The first-order chi connectivity index (χ1) is 11.7.